The quantitative estimate of drug-likeness (QED) is 0.487. The summed E-state index contributed by atoms with van der Waals surface area (Å²) < 4.78 is 10.0. The zero-order valence-corrected chi connectivity index (χ0v) is 7.86. The van der Waals surface area contributed by atoms with Gasteiger partial charge < -0.3 is 9.47 Å². The van der Waals surface area contributed by atoms with Gasteiger partial charge in [-0.3, -0.25) is 10.5 Å². The second-order valence-electron chi connectivity index (χ2n) is 2.77. The fourth-order valence-electron chi connectivity index (χ4n) is 1.11. The molecule has 1 saturated heterocycles. The van der Waals surface area contributed by atoms with Gasteiger partial charge in [0.05, 0.1) is 13.2 Å². The zero-order valence-electron chi connectivity index (χ0n) is 7.04. The van der Waals surface area contributed by atoms with Crippen molar-refractivity contribution in [1.82, 2.24) is 0 Å². The topological polar surface area (TPSA) is 61.5 Å². The minimum absolute atomic E-state index is 0. The molecule has 0 unspecified atom stereocenters. The maximum Gasteiger partial charge on any atom is 0.304 e. The summed E-state index contributed by atoms with van der Waals surface area (Å²) in [6.45, 7) is 2.51. The lowest BCUT2D eigenvalue weighted by molar-refractivity contribution is -0.165. The smallest absolute Gasteiger partial charge is 0.304 e. The van der Waals surface area contributed by atoms with Gasteiger partial charge in [0, 0.05) is 19.8 Å². The molecule has 0 bridgehead atoms. The van der Waals surface area contributed by atoms with E-state index in [0.717, 1.165) is 0 Å². The minimum atomic E-state index is -0.774. The molecule has 1 aliphatic rings. The highest BCUT2D eigenvalue weighted by Gasteiger charge is 2.30. The van der Waals surface area contributed by atoms with Gasteiger partial charge in [-0.2, -0.15) is 0 Å². The van der Waals surface area contributed by atoms with Gasteiger partial charge in [-0.1, -0.05) is 0 Å². The largest absolute Gasteiger partial charge is 0.444 e. The predicted octanol–water partition coefficient (Wildman–Crippen LogP) is 0.437. The molecule has 5 heteroatoms. The Balaban J connectivity index is 0.00000121. The zero-order chi connectivity index (χ0) is 8.32. The normalized spacial score (nSPS) is 20.8. The Bertz CT molecular complexity index is 157. The Hall–Kier alpha value is -0.320. The van der Waals surface area contributed by atoms with Gasteiger partial charge >= 0.3 is 5.97 Å². The molecule has 0 atom stereocenters. The highest BCUT2D eigenvalue weighted by molar-refractivity contribution is 5.85. The first-order valence-corrected chi connectivity index (χ1v) is 3.69. The number of ether oxygens (including phenoxy) is 2. The standard InChI is InChI=1S/C7H13NO3.ClH/c1-6(9)11-7(8)2-4-10-5-3-7;/h2-5,8H2,1H3;1H. The molecule has 4 nitrogen and oxygen atoms in total. The van der Waals surface area contributed by atoms with Crippen molar-refractivity contribution in [1.29, 1.82) is 0 Å². The molecule has 0 amide bonds. The number of carbonyl (C=O) groups excluding carboxylic acids is 1. The highest BCUT2D eigenvalue weighted by atomic mass is 35.5. The third-order valence-corrected chi connectivity index (χ3v) is 1.69. The van der Waals surface area contributed by atoms with Crippen LogP contribution in [0.5, 0.6) is 0 Å². The summed E-state index contributed by atoms with van der Waals surface area (Å²) in [5.41, 5.74) is 4.96. The van der Waals surface area contributed by atoms with Crippen molar-refractivity contribution in [2.75, 3.05) is 13.2 Å². The van der Waals surface area contributed by atoms with E-state index in [1.807, 2.05) is 0 Å². The molecule has 0 saturated carbocycles. The summed E-state index contributed by atoms with van der Waals surface area (Å²) in [7, 11) is 0. The molecule has 0 spiro atoms. The average molecular weight is 196 g/mol. The molecule has 1 rings (SSSR count). The van der Waals surface area contributed by atoms with E-state index >= 15 is 0 Å². The summed E-state index contributed by atoms with van der Waals surface area (Å²) in [6.07, 6.45) is 1.18. The number of hydrogen-bond acceptors (Lipinski definition) is 4. The number of halogens is 1. The van der Waals surface area contributed by atoms with Crippen molar-refractivity contribution >= 4 is 18.4 Å². The first-order chi connectivity index (χ1) is 5.12. The van der Waals surface area contributed by atoms with Crippen LogP contribution in [0.25, 0.3) is 0 Å². The molecular formula is C7H14ClNO3. The van der Waals surface area contributed by atoms with E-state index in [1.54, 1.807) is 0 Å². The lowest BCUT2D eigenvalue weighted by Crippen LogP contribution is -2.48. The minimum Gasteiger partial charge on any atom is -0.444 e. The van der Waals surface area contributed by atoms with Gasteiger partial charge in [0.1, 0.15) is 0 Å². The van der Waals surface area contributed by atoms with Crippen molar-refractivity contribution in [3.05, 3.63) is 0 Å². The van der Waals surface area contributed by atoms with Crippen LogP contribution in [0.1, 0.15) is 19.8 Å². The summed E-state index contributed by atoms with van der Waals surface area (Å²) in [6, 6.07) is 0. The lowest BCUT2D eigenvalue weighted by Gasteiger charge is -2.32. The number of nitrogens with two attached hydrogens (primary N) is 1. The van der Waals surface area contributed by atoms with E-state index in [0.29, 0.717) is 26.1 Å². The summed E-state index contributed by atoms with van der Waals surface area (Å²) in [5.74, 6) is -0.325. The Morgan fingerprint density at radius 2 is 2.00 bits per heavy atom. The number of hydrogen-bond donors (Lipinski definition) is 1. The van der Waals surface area contributed by atoms with Gasteiger partial charge in [-0.25, -0.2) is 0 Å². The molecule has 1 aliphatic heterocycles. The highest BCUT2D eigenvalue weighted by Crippen LogP contribution is 2.18. The van der Waals surface area contributed by atoms with Gasteiger partial charge in [0.15, 0.2) is 5.72 Å². The first kappa shape index (κ1) is 11.7. The van der Waals surface area contributed by atoms with E-state index in [-0.39, 0.29) is 18.4 Å². The molecule has 1 fully saturated rings. The average Bonchev–Trinajstić information content (AvgIpc) is 1.85. The van der Waals surface area contributed by atoms with Crippen LogP contribution in [0.15, 0.2) is 0 Å². The Labute approximate surface area is 77.8 Å². The van der Waals surface area contributed by atoms with E-state index in [2.05, 4.69) is 0 Å². The van der Waals surface area contributed by atoms with Crippen molar-refractivity contribution in [2.24, 2.45) is 5.73 Å². The van der Waals surface area contributed by atoms with Crippen molar-refractivity contribution in [3.8, 4) is 0 Å². The second kappa shape index (κ2) is 4.64. The molecule has 0 aliphatic carbocycles. The third kappa shape index (κ3) is 3.38. The Kier molecular flexibility index (Phi) is 4.52. The van der Waals surface area contributed by atoms with Crippen LogP contribution >= 0.6 is 12.4 Å². The van der Waals surface area contributed by atoms with Crippen LogP contribution in [-0.2, 0) is 14.3 Å². The van der Waals surface area contributed by atoms with Crippen molar-refractivity contribution in [2.45, 2.75) is 25.5 Å². The molecule has 0 aromatic rings. The van der Waals surface area contributed by atoms with Crippen LogP contribution in [0.2, 0.25) is 0 Å². The van der Waals surface area contributed by atoms with Gasteiger partial charge in [-0.15, -0.1) is 12.4 Å². The molecule has 1 heterocycles. The summed E-state index contributed by atoms with van der Waals surface area (Å²) >= 11 is 0. The number of esters is 1. The van der Waals surface area contributed by atoms with Crippen LogP contribution < -0.4 is 5.73 Å². The Morgan fingerprint density at radius 1 is 1.50 bits per heavy atom. The fourth-order valence-corrected chi connectivity index (χ4v) is 1.11. The molecule has 0 aromatic carbocycles. The fraction of sp³-hybridized carbons (Fsp3) is 0.857. The van der Waals surface area contributed by atoms with Crippen molar-refractivity contribution < 1.29 is 14.3 Å². The molecule has 0 aromatic heterocycles. The number of carbonyl (C=O) groups is 1. The lowest BCUT2D eigenvalue weighted by atomic mass is 10.1. The number of rotatable bonds is 1. The van der Waals surface area contributed by atoms with Crippen LogP contribution in [0, 0.1) is 0 Å². The van der Waals surface area contributed by atoms with Crippen LogP contribution in [-0.4, -0.2) is 24.9 Å². The summed E-state index contributed by atoms with van der Waals surface area (Å²) in [4.78, 5) is 10.6. The Morgan fingerprint density at radius 3 is 2.42 bits per heavy atom. The monoisotopic (exact) mass is 195 g/mol. The van der Waals surface area contributed by atoms with Crippen molar-refractivity contribution in [3.63, 3.8) is 0 Å². The maximum absolute atomic E-state index is 10.6. The maximum atomic E-state index is 10.6. The molecular weight excluding hydrogens is 182 g/mol. The molecule has 0 radical (unpaired) electrons. The van der Waals surface area contributed by atoms with Gasteiger partial charge in [0.2, 0.25) is 0 Å². The van der Waals surface area contributed by atoms with E-state index < -0.39 is 5.72 Å². The van der Waals surface area contributed by atoms with Crippen LogP contribution in [0.3, 0.4) is 0 Å². The summed E-state index contributed by atoms with van der Waals surface area (Å²) in [5, 5.41) is 0. The third-order valence-electron chi connectivity index (χ3n) is 1.69. The predicted molar refractivity (Wildman–Crippen MR) is 46.0 cm³/mol. The van der Waals surface area contributed by atoms with E-state index in [9.17, 15) is 4.79 Å². The van der Waals surface area contributed by atoms with Gasteiger partial charge in [0.25, 0.3) is 0 Å². The first-order valence-electron chi connectivity index (χ1n) is 3.69. The van der Waals surface area contributed by atoms with Crippen LogP contribution in [0.4, 0.5) is 0 Å². The molecule has 12 heavy (non-hydrogen) atoms. The molecule has 72 valence electrons. The molecule has 2 N–H and O–H groups in total. The van der Waals surface area contributed by atoms with E-state index in [1.165, 1.54) is 6.92 Å². The van der Waals surface area contributed by atoms with Gasteiger partial charge in [-0.05, 0) is 0 Å². The van der Waals surface area contributed by atoms with E-state index in [4.69, 9.17) is 15.2 Å². The SMILES string of the molecule is CC(=O)OC1(N)CCOCC1.Cl. The second-order valence-corrected chi connectivity index (χ2v) is 2.77.